The van der Waals surface area contributed by atoms with Crippen LogP contribution in [0.3, 0.4) is 0 Å². The number of alkyl halides is 1. The Morgan fingerprint density at radius 1 is 1.25 bits per heavy atom. The van der Waals surface area contributed by atoms with Crippen molar-refractivity contribution in [3.05, 3.63) is 51.2 Å². The molecule has 2 heterocycles. The van der Waals surface area contributed by atoms with Crippen molar-refractivity contribution in [1.29, 1.82) is 0 Å². The average molecular weight is 329 g/mol. The van der Waals surface area contributed by atoms with Gasteiger partial charge in [0.15, 0.2) is 0 Å². The largest absolute Gasteiger partial charge is 0.327 e. The van der Waals surface area contributed by atoms with E-state index in [0.29, 0.717) is 11.4 Å². The molecule has 2 aromatic heterocycles. The Bertz CT molecular complexity index is 751. The molecule has 0 saturated heterocycles. The zero-order valence-corrected chi connectivity index (χ0v) is 12.8. The number of aryl methyl sites for hydroxylation is 2. The lowest BCUT2D eigenvalue weighted by molar-refractivity contribution is 0.629. The van der Waals surface area contributed by atoms with Crippen molar-refractivity contribution >= 4 is 45.6 Å². The van der Waals surface area contributed by atoms with Gasteiger partial charge >= 0.3 is 0 Å². The van der Waals surface area contributed by atoms with Gasteiger partial charge in [-0.1, -0.05) is 11.6 Å². The topological polar surface area (TPSA) is 17.8 Å². The molecule has 3 aromatic rings. The van der Waals surface area contributed by atoms with Crippen LogP contribution >= 0.6 is 34.5 Å². The van der Waals surface area contributed by atoms with Crippen LogP contribution in [0.5, 0.6) is 0 Å². The molecule has 1 aromatic carbocycles. The quantitative estimate of drug-likeness (QED) is 0.624. The molecular weight excluding hydrogens is 318 g/mol. The second-order valence-corrected chi connectivity index (χ2v) is 6.47. The first-order chi connectivity index (χ1) is 9.67. The smallest absolute Gasteiger partial charge is 0.125 e. The van der Waals surface area contributed by atoms with E-state index in [0.717, 1.165) is 28.6 Å². The Morgan fingerprint density at radius 2 is 2.10 bits per heavy atom. The number of hydrogen-bond acceptors (Lipinski definition) is 2. The lowest BCUT2D eigenvalue weighted by Crippen LogP contribution is -2.04. The van der Waals surface area contributed by atoms with Gasteiger partial charge in [0.25, 0.3) is 0 Å². The molecule has 0 fully saturated rings. The minimum atomic E-state index is -0.284. The second-order valence-electron chi connectivity index (χ2n) is 4.40. The van der Waals surface area contributed by atoms with E-state index >= 15 is 0 Å². The molecule has 0 aliphatic rings. The highest BCUT2D eigenvalue weighted by Crippen LogP contribution is 2.24. The van der Waals surface area contributed by atoms with Gasteiger partial charge in [-0.25, -0.2) is 9.37 Å². The number of hydrogen-bond donors (Lipinski definition) is 0. The van der Waals surface area contributed by atoms with E-state index in [2.05, 4.69) is 4.98 Å². The predicted octanol–water partition coefficient (Wildman–Crippen LogP) is 4.87. The molecule has 0 atom stereocenters. The Balaban J connectivity index is 1.93. The van der Waals surface area contributed by atoms with Crippen LogP contribution in [0.4, 0.5) is 4.39 Å². The number of fused-ring (bicyclic) bond motifs is 1. The molecule has 0 radical (unpaired) electrons. The summed E-state index contributed by atoms with van der Waals surface area (Å²) in [7, 11) is 0. The number of nitrogens with zero attached hydrogens (tertiary/aromatic N) is 2. The van der Waals surface area contributed by atoms with Gasteiger partial charge in [0, 0.05) is 17.5 Å². The number of aromatic nitrogens is 2. The van der Waals surface area contributed by atoms with Crippen molar-refractivity contribution in [2.45, 2.75) is 18.8 Å². The Morgan fingerprint density at radius 3 is 2.80 bits per heavy atom. The molecule has 20 heavy (non-hydrogen) atoms. The lowest BCUT2D eigenvalue weighted by Gasteiger charge is -2.06. The van der Waals surface area contributed by atoms with Crippen LogP contribution in [0.15, 0.2) is 30.3 Å². The normalized spacial score (nSPS) is 11.3. The molecule has 104 valence electrons. The Hall–Kier alpha value is -1.10. The maximum atomic E-state index is 13.2. The van der Waals surface area contributed by atoms with Crippen molar-refractivity contribution in [1.82, 2.24) is 9.55 Å². The number of imidazole rings is 1. The summed E-state index contributed by atoms with van der Waals surface area (Å²) in [6, 6.07) is 8.54. The molecule has 0 spiro atoms. The molecule has 0 N–H and O–H groups in total. The van der Waals surface area contributed by atoms with E-state index in [-0.39, 0.29) is 5.82 Å². The van der Waals surface area contributed by atoms with Gasteiger partial charge in [0.1, 0.15) is 11.6 Å². The standard InChI is InChI=1S/C14H11Cl2FN2S/c15-8-14-18-11-7-9(17)1-3-12(11)19(14)6-5-10-2-4-13(16)20-10/h1-4,7H,5-6,8H2. The van der Waals surface area contributed by atoms with Gasteiger partial charge in [0.05, 0.1) is 21.2 Å². The van der Waals surface area contributed by atoms with Crippen LogP contribution < -0.4 is 0 Å². The van der Waals surface area contributed by atoms with Gasteiger partial charge in [-0.05, 0) is 30.7 Å². The van der Waals surface area contributed by atoms with Gasteiger partial charge in [-0.15, -0.1) is 22.9 Å². The summed E-state index contributed by atoms with van der Waals surface area (Å²) in [6.45, 7) is 0.751. The minimum absolute atomic E-state index is 0.284. The van der Waals surface area contributed by atoms with Crippen LogP contribution in [-0.4, -0.2) is 9.55 Å². The second kappa shape index (κ2) is 5.72. The van der Waals surface area contributed by atoms with E-state index in [1.54, 1.807) is 17.4 Å². The lowest BCUT2D eigenvalue weighted by atomic mass is 10.3. The number of rotatable bonds is 4. The third-order valence-corrected chi connectivity index (χ3v) is 4.65. The first-order valence-electron chi connectivity index (χ1n) is 6.12. The van der Waals surface area contributed by atoms with E-state index in [4.69, 9.17) is 23.2 Å². The highest BCUT2D eigenvalue weighted by Gasteiger charge is 2.11. The zero-order valence-electron chi connectivity index (χ0n) is 10.4. The summed E-state index contributed by atoms with van der Waals surface area (Å²) in [4.78, 5) is 5.59. The summed E-state index contributed by atoms with van der Waals surface area (Å²) in [5.41, 5.74) is 1.55. The summed E-state index contributed by atoms with van der Waals surface area (Å²) in [5.74, 6) is 0.782. The monoisotopic (exact) mass is 328 g/mol. The summed E-state index contributed by atoms with van der Waals surface area (Å²) in [5, 5.41) is 0. The maximum Gasteiger partial charge on any atom is 0.125 e. The molecule has 3 rings (SSSR count). The highest BCUT2D eigenvalue weighted by atomic mass is 35.5. The van der Waals surface area contributed by atoms with Crippen molar-refractivity contribution < 1.29 is 4.39 Å². The first-order valence-corrected chi connectivity index (χ1v) is 7.85. The fourth-order valence-corrected chi connectivity index (χ4v) is 3.49. The molecule has 2 nitrogen and oxygen atoms in total. The van der Waals surface area contributed by atoms with Crippen LogP contribution in [0.2, 0.25) is 4.34 Å². The van der Waals surface area contributed by atoms with Gasteiger partial charge in [-0.2, -0.15) is 0 Å². The van der Waals surface area contributed by atoms with Crippen molar-refractivity contribution in [3.63, 3.8) is 0 Å². The minimum Gasteiger partial charge on any atom is -0.327 e. The summed E-state index contributed by atoms with van der Waals surface area (Å²) < 4.78 is 16.1. The number of benzene rings is 1. The van der Waals surface area contributed by atoms with E-state index in [9.17, 15) is 4.39 Å². The molecule has 6 heteroatoms. The van der Waals surface area contributed by atoms with Crippen molar-refractivity contribution in [3.8, 4) is 0 Å². The number of halogens is 3. The molecular formula is C14H11Cl2FN2S. The van der Waals surface area contributed by atoms with E-state index < -0.39 is 0 Å². The SMILES string of the molecule is Fc1ccc2c(c1)nc(CCl)n2CCc1ccc(Cl)s1. The maximum absolute atomic E-state index is 13.2. The average Bonchev–Trinajstić information content (AvgIpc) is 2.99. The van der Waals surface area contributed by atoms with Crippen molar-refractivity contribution in [2.75, 3.05) is 0 Å². The molecule has 0 saturated carbocycles. The predicted molar refractivity (Wildman–Crippen MR) is 82.3 cm³/mol. The first kappa shape index (κ1) is 13.9. The fraction of sp³-hybridized carbons (Fsp3) is 0.214. The fourth-order valence-electron chi connectivity index (χ4n) is 2.21. The van der Waals surface area contributed by atoms with E-state index in [1.165, 1.54) is 17.0 Å². The molecule has 0 bridgehead atoms. The van der Waals surface area contributed by atoms with Crippen LogP contribution in [0.1, 0.15) is 10.7 Å². The molecule has 0 aliphatic carbocycles. The highest BCUT2D eigenvalue weighted by molar-refractivity contribution is 7.16. The van der Waals surface area contributed by atoms with Gasteiger partial charge < -0.3 is 4.57 Å². The van der Waals surface area contributed by atoms with Crippen LogP contribution in [0, 0.1) is 5.82 Å². The zero-order chi connectivity index (χ0) is 14.1. The van der Waals surface area contributed by atoms with Crippen molar-refractivity contribution in [2.24, 2.45) is 0 Å². The van der Waals surface area contributed by atoms with Crippen LogP contribution in [-0.2, 0) is 18.8 Å². The third kappa shape index (κ3) is 2.68. The molecule has 0 aliphatic heterocycles. The van der Waals surface area contributed by atoms with Crippen LogP contribution in [0.25, 0.3) is 11.0 Å². The Kier molecular flexibility index (Phi) is 3.96. The summed E-state index contributed by atoms with van der Waals surface area (Å²) >= 11 is 13.4. The Labute approximate surface area is 129 Å². The third-order valence-electron chi connectivity index (χ3n) is 3.12. The van der Waals surface area contributed by atoms with Gasteiger partial charge in [0.2, 0.25) is 0 Å². The number of thiophene rings is 1. The summed E-state index contributed by atoms with van der Waals surface area (Å²) in [6.07, 6.45) is 0.851. The van der Waals surface area contributed by atoms with Gasteiger partial charge in [-0.3, -0.25) is 0 Å². The molecule has 0 unspecified atom stereocenters. The molecule has 0 amide bonds. The van der Waals surface area contributed by atoms with E-state index in [1.807, 2.05) is 16.7 Å².